The highest BCUT2D eigenvalue weighted by Gasteiger charge is 2.28. The molecule has 0 amide bonds. The molecule has 0 aliphatic heterocycles. The number of hydrogen-bond acceptors (Lipinski definition) is 5. The number of ketones is 1. The smallest absolute Gasteiger partial charge is 0.400 e. The van der Waals surface area contributed by atoms with Gasteiger partial charge in [0.2, 0.25) is 5.76 Å². The van der Waals surface area contributed by atoms with Crippen LogP contribution in [0.1, 0.15) is 37.6 Å². The van der Waals surface area contributed by atoms with E-state index in [0.717, 1.165) is 0 Å². The lowest BCUT2D eigenvalue weighted by Gasteiger charge is -2.19. The molecule has 5 heteroatoms. The number of carbonyl (C=O) groups is 2. The van der Waals surface area contributed by atoms with Gasteiger partial charge in [-0.1, -0.05) is 53.7 Å². The molecule has 0 unspecified atom stereocenters. The van der Waals surface area contributed by atoms with Crippen LogP contribution in [0.5, 0.6) is 0 Å². The van der Waals surface area contributed by atoms with E-state index in [4.69, 9.17) is 9.25 Å². The number of carbonyl (C=O) groups excluding carboxylic acids is 2. The lowest BCUT2D eigenvalue weighted by atomic mass is 9.84. The van der Waals surface area contributed by atoms with E-state index in [1.54, 1.807) is 42.5 Å². The fourth-order valence-electron chi connectivity index (χ4n) is 2.69. The second kappa shape index (κ2) is 5.62. The first-order valence-electron chi connectivity index (χ1n) is 7.32. The molecule has 3 aromatic rings. The van der Waals surface area contributed by atoms with Crippen LogP contribution in [-0.4, -0.2) is 17.5 Å². The maximum absolute atomic E-state index is 12.6. The fraction of sp³-hybridized carbons (Fsp3) is 0. The Bertz CT molecular complexity index is 919. The maximum Gasteiger partial charge on any atom is 0.400 e. The summed E-state index contributed by atoms with van der Waals surface area (Å²) in [5.74, 6) is -0.704. The number of nitrogens with zero attached hydrogens (tertiary/aromatic N) is 1. The minimum absolute atomic E-state index is 0.0628. The van der Waals surface area contributed by atoms with Gasteiger partial charge in [0.15, 0.2) is 5.78 Å². The predicted molar refractivity (Wildman–Crippen MR) is 86.1 cm³/mol. The summed E-state index contributed by atoms with van der Waals surface area (Å²) in [7, 11) is 0. The highest BCUT2D eigenvalue weighted by molar-refractivity contribution is 6.30. The quantitative estimate of drug-likeness (QED) is 0.419. The summed E-state index contributed by atoms with van der Waals surface area (Å²) in [6.07, 6.45) is 1.38. The van der Waals surface area contributed by atoms with Crippen LogP contribution in [0.4, 0.5) is 0 Å². The molecule has 1 aliphatic carbocycles. The van der Waals surface area contributed by atoms with Gasteiger partial charge < -0.3 is 9.25 Å². The zero-order valence-electron chi connectivity index (χ0n) is 12.4. The molecular weight excluding hydrogens is 306 g/mol. The highest BCUT2D eigenvalue weighted by atomic mass is 16.7. The van der Waals surface area contributed by atoms with Crippen LogP contribution in [-0.2, 0) is 4.84 Å². The Balaban J connectivity index is 1.80. The fourth-order valence-corrected chi connectivity index (χ4v) is 2.69. The molecule has 2 aromatic carbocycles. The molecule has 4 rings (SSSR count). The third-order valence-corrected chi connectivity index (χ3v) is 3.80. The normalized spacial score (nSPS) is 12.3. The summed E-state index contributed by atoms with van der Waals surface area (Å²) in [5.41, 5.74) is 2.77. The second-order valence-corrected chi connectivity index (χ2v) is 5.22. The van der Waals surface area contributed by atoms with E-state index >= 15 is 0 Å². The van der Waals surface area contributed by atoms with Gasteiger partial charge >= 0.3 is 5.97 Å². The van der Waals surface area contributed by atoms with Gasteiger partial charge in [-0.25, -0.2) is 4.79 Å². The predicted octanol–water partition coefficient (Wildman–Crippen LogP) is 3.43. The average molecular weight is 317 g/mol. The zero-order chi connectivity index (χ0) is 16.5. The van der Waals surface area contributed by atoms with Gasteiger partial charge in [0.1, 0.15) is 5.71 Å². The molecule has 1 heterocycles. The molecule has 5 nitrogen and oxygen atoms in total. The van der Waals surface area contributed by atoms with Gasteiger partial charge in [-0.2, -0.15) is 0 Å². The van der Waals surface area contributed by atoms with Crippen molar-refractivity contribution in [3.8, 4) is 0 Å². The van der Waals surface area contributed by atoms with Crippen molar-refractivity contribution in [1.82, 2.24) is 0 Å². The van der Waals surface area contributed by atoms with Crippen molar-refractivity contribution >= 4 is 17.5 Å². The van der Waals surface area contributed by atoms with Crippen molar-refractivity contribution < 1.29 is 18.8 Å². The van der Waals surface area contributed by atoms with Crippen LogP contribution in [0.3, 0.4) is 0 Å². The second-order valence-electron chi connectivity index (χ2n) is 5.22. The summed E-state index contributed by atoms with van der Waals surface area (Å²) in [4.78, 5) is 29.6. The van der Waals surface area contributed by atoms with Gasteiger partial charge in [0.25, 0.3) is 0 Å². The molecule has 0 bridgehead atoms. The Kier molecular flexibility index (Phi) is 3.31. The minimum Gasteiger partial charge on any atom is -0.457 e. The first-order valence-corrected chi connectivity index (χ1v) is 7.32. The summed E-state index contributed by atoms with van der Waals surface area (Å²) < 4.78 is 4.99. The largest absolute Gasteiger partial charge is 0.457 e. The number of furan rings is 1. The summed E-state index contributed by atoms with van der Waals surface area (Å²) in [6.45, 7) is 0. The monoisotopic (exact) mass is 317 g/mol. The average Bonchev–Trinajstić information content (AvgIpc) is 3.16. The van der Waals surface area contributed by atoms with Crippen molar-refractivity contribution in [3.63, 3.8) is 0 Å². The molecule has 0 radical (unpaired) electrons. The molecule has 0 spiro atoms. The Morgan fingerprint density at radius 2 is 1.42 bits per heavy atom. The topological polar surface area (TPSA) is 68.9 Å². The lowest BCUT2D eigenvalue weighted by Crippen LogP contribution is -2.22. The Morgan fingerprint density at radius 3 is 1.96 bits per heavy atom. The van der Waals surface area contributed by atoms with Crippen LogP contribution in [0.25, 0.3) is 0 Å². The van der Waals surface area contributed by atoms with Crippen molar-refractivity contribution in [3.05, 3.63) is 94.9 Å². The van der Waals surface area contributed by atoms with Gasteiger partial charge in [-0.05, 0) is 12.1 Å². The molecule has 24 heavy (non-hydrogen) atoms. The maximum atomic E-state index is 12.6. The first kappa shape index (κ1) is 14.1. The standard InChI is InChI=1S/C19H11NO4/c21-18-14-8-3-1-6-12(14)17(13-7-2-4-9-15(13)18)20-24-19(22)16-10-5-11-23-16/h1-11H. The molecule has 0 fully saturated rings. The Morgan fingerprint density at radius 1 is 0.833 bits per heavy atom. The Labute approximate surface area is 137 Å². The van der Waals surface area contributed by atoms with E-state index in [-0.39, 0.29) is 11.5 Å². The van der Waals surface area contributed by atoms with Gasteiger partial charge in [-0.15, -0.1) is 0 Å². The van der Waals surface area contributed by atoms with Gasteiger partial charge in [0, 0.05) is 22.3 Å². The number of oxime groups is 1. The molecule has 116 valence electrons. The molecule has 0 N–H and O–H groups in total. The number of hydrogen-bond donors (Lipinski definition) is 0. The Hall–Kier alpha value is -3.47. The van der Waals surface area contributed by atoms with Crippen molar-refractivity contribution in [2.75, 3.05) is 0 Å². The van der Waals surface area contributed by atoms with Crippen molar-refractivity contribution in [2.45, 2.75) is 0 Å². The van der Waals surface area contributed by atoms with Crippen LogP contribution < -0.4 is 0 Å². The summed E-state index contributed by atoms with van der Waals surface area (Å²) in [6, 6.07) is 17.3. The van der Waals surface area contributed by atoms with E-state index in [0.29, 0.717) is 28.0 Å². The first-order chi connectivity index (χ1) is 11.8. The molecular formula is C19H11NO4. The van der Waals surface area contributed by atoms with Crippen molar-refractivity contribution in [1.29, 1.82) is 0 Å². The lowest BCUT2D eigenvalue weighted by molar-refractivity contribution is 0.0480. The van der Waals surface area contributed by atoms with E-state index in [2.05, 4.69) is 5.16 Å². The molecule has 1 aromatic heterocycles. The number of benzene rings is 2. The van der Waals surface area contributed by atoms with Crippen LogP contribution in [0.15, 0.2) is 76.5 Å². The molecule has 0 saturated heterocycles. The minimum atomic E-state index is -0.695. The SMILES string of the molecule is O=C(ON=C1c2ccccc2C(=O)c2ccccc21)c1ccco1. The van der Waals surface area contributed by atoms with E-state index < -0.39 is 5.97 Å². The van der Waals surface area contributed by atoms with Gasteiger partial charge in [-0.3, -0.25) is 4.79 Å². The van der Waals surface area contributed by atoms with Crippen molar-refractivity contribution in [2.24, 2.45) is 5.16 Å². The van der Waals surface area contributed by atoms with Crippen LogP contribution in [0, 0.1) is 0 Å². The van der Waals surface area contributed by atoms with Gasteiger partial charge in [0.05, 0.1) is 6.26 Å². The molecule has 0 atom stereocenters. The number of rotatable bonds is 2. The summed E-state index contributed by atoms with van der Waals surface area (Å²) >= 11 is 0. The number of fused-ring (bicyclic) bond motifs is 2. The van der Waals surface area contributed by atoms with Crippen LogP contribution in [0.2, 0.25) is 0 Å². The van der Waals surface area contributed by atoms with E-state index in [1.807, 2.05) is 12.1 Å². The molecule has 1 aliphatic rings. The van der Waals surface area contributed by atoms with E-state index in [9.17, 15) is 9.59 Å². The third kappa shape index (κ3) is 2.23. The summed E-state index contributed by atoms with van der Waals surface area (Å²) in [5, 5.41) is 4.01. The van der Waals surface area contributed by atoms with E-state index in [1.165, 1.54) is 12.3 Å². The highest BCUT2D eigenvalue weighted by Crippen LogP contribution is 2.27. The molecule has 0 saturated carbocycles. The van der Waals surface area contributed by atoms with Crippen LogP contribution >= 0.6 is 0 Å². The third-order valence-electron chi connectivity index (χ3n) is 3.80. The zero-order valence-corrected chi connectivity index (χ0v) is 12.4.